The van der Waals surface area contributed by atoms with Crippen LogP contribution in [-0.4, -0.2) is 41.2 Å². The topological polar surface area (TPSA) is 64.3 Å². The second kappa shape index (κ2) is 6.83. The van der Waals surface area contributed by atoms with Gasteiger partial charge in [0.2, 0.25) is 5.95 Å². The molecule has 5 nitrogen and oxygen atoms in total. The van der Waals surface area contributed by atoms with Gasteiger partial charge in [0.05, 0.1) is 29.6 Å². The van der Waals surface area contributed by atoms with E-state index in [4.69, 9.17) is 22.1 Å². The van der Waals surface area contributed by atoms with Crippen LogP contribution in [0.1, 0.15) is 24.2 Å². The van der Waals surface area contributed by atoms with Crippen molar-refractivity contribution in [2.75, 3.05) is 32.0 Å². The summed E-state index contributed by atoms with van der Waals surface area (Å²) < 4.78 is 5.42. The van der Waals surface area contributed by atoms with Gasteiger partial charge in [0, 0.05) is 24.7 Å². The van der Waals surface area contributed by atoms with Gasteiger partial charge in [-0.15, -0.1) is 0 Å². The summed E-state index contributed by atoms with van der Waals surface area (Å²) in [7, 11) is 0. The average Bonchev–Trinajstić information content (AvgIpc) is 2.58. The van der Waals surface area contributed by atoms with Gasteiger partial charge in [-0.2, -0.15) is 0 Å². The predicted octanol–water partition coefficient (Wildman–Crippen LogP) is 3.08. The molecule has 3 rings (SSSR count). The lowest BCUT2D eigenvalue weighted by molar-refractivity contribution is 0.0198. The zero-order valence-corrected chi connectivity index (χ0v) is 14.2. The largest absolute Gasteiger partial charge is 0.379 e. The van der Waals surface area contributed by atoms with Crippen LogP contribution in [0, 0.1) is 6.92 Å². The number of nitrogens with zero attached hydrogens (tertiary/aromatic N) is 3. The van der Waals surface area contributed by atoms with Gasteiger partial charge in [-0.1, -0.05) is 35.9 Å². The molecule has 1 aromatic heterocycles. The van der Waals surface area contributed by atoms with Gasteiger partial charge in [-0.25, -0.2) is 9.97 Å². The third kappa shape index (κ3) is 3.47. The Balaban J connectivity index is 1.85. The summed E-state index contributed by atoms with van der Waals surface area (Å²) in [6.07, 6.45) is 0. The summed E-state index contributed by atoms with van der Waals surface area (Å²) in [6.45, 7) is 7.60. The highest BCUT2D eigenvalue weighted by atomic mass is 35.5. The maximum absolute atomic E-state index is 6.32. The number of aromatic nitrogens is 2. The lowest BCUT2D eigenvalue weighted by atomic mass is 10.0. The van der Waals surface area contributed by atoms with Gasteiger partial charge >= 0.3 is 0 Å². The summed E-state index contributed by atoms with van der Waals surface area (Å²) in [5.74, 6) is 0.243. The SMILES string of the molecule is Cc1nc(N)nc(-c2ccc([C@H](C)N3CCOCC3)cc2)c1Cl. The minimum absolute atomic E-state index is 0.243. The van der Waals surface area contributed by atoms with Gasteiger partial charge in [-0.05, 0) is 19.4 Å². The van der Waals surface area contributed by atoms with Crippen molar-refractivity contribution < 1.29 is 4.74 Å². The van der Waals surface area contributed by atoms with Crippen molar-refractivity contribution in [3.05, 3.63) is 40.5 Å². The first-order valence-corrected chi connectivity index (χ1v) is 8.16. The molecule has 0 aliphatic carbocycles. The molecule has 1 saturated heterocycles. The van der Waals surface area contributed by atoms with E-state index in [0.717, 1.165) is 31.9 Å². The van der Waals surface area contributed by atoms with E-state index in [0.29, 0.717) is 22.5 Å². The second-order valence-corrected chi connectivity index (χ2v) is 6.15. The molecular weight excluding hydrogens is 312 g/mol. The molecule has 2 aromatic rings. The Hall–Kier alpha value is -1.69. The smallest absolute Gasteiger partial charge is 0.220 e. The van der Waals surface area contributed by atoms with Crippen molar-refractivity contribution in [2.45, 2.75) is 19.9 Å². The van der Waals surface area contributed by atoms with Gasteiger partial charge in [-0.3, -0.25) is 4.90 Å². The number of anilines is 1. The van der Waals surface area contributed by atoms with Gasteiger partial charge in [0.1, 0.15) is 0 Å². The zero-order valence-electron chi connectivity index (χ0n) is 13.4. The van der Waals surface area contributed by atoms with Crippen LogP contribution in [0.4, 0.5) is 5.95 Å². The number of halogens is 1. The number of aryl methyl sites for hydroxylation is 1. The molecule has 0 amide bonds. The molecule has 0 unspecified atom stereocenters. The Kier molecular flexibility index (Phi) is 4.80. The molecule has 0 bridgehead atoms. The molecule has 1 aliphatic rings. The Morgan fingerprint density at radius 1 is 1.17 bits per heavy atom. The normalized spacial score (nSPS) is 17.2. The summed E-state index contributed by atoms with van der Waals surface area (Å²) in [5, 5.41) is 0.549. The molecule has 1 aromatic carbocycles. The molecule has 2 N–H and O–H groups in total. The number of hydrogen-bond donors (Lipinski definition) is 1. The number of benzene rings is 1. The Labute approximate surface area is 141 Å². The highest BCUT2D eigenvalue weighted by Gasteiger charge is 2.19. The highest BCUT2D eigenvalue weighted by molar-refractivity contribution is 6.33. The third-order valence-corrected chi connectivity index (χ3v) is 4.75. The highest BCUT2D eigenvalue weighted by Crippen LogP contribution is 2.30. The molecular formula is C17H21ClN4O. The summed E-state index contributed by atoms with van der Waals surface area (Å²) in [5.41, 5.74) is 9.34. The number of morpholine rings is 1. The van der Waals surface area contributed by atoms with Crippen LogP contribution in [-0.2, 0) is 4.74 Å². The number of nitrogens with two attached hydrogens (primary N) is 1. The van der Waals surface area contributed by atoms with E-state index in [2.05, 4.69) is 33.9 Å². The first kappa shape index (κ1) is 16.2. The molecule has 23 heavy (non-hydrogen) atoms. The number of nitrogen functional groups attached to an aromatic ring is 1. The van der Waals surface area contributed by atoms with Crippen LogP contribution in [0.25, 0.3) is 11.3 Å². The van der Waals surface area contributed by atoms with Crippen LogP contribution in [0.3, 0.4) is 0 Å². The molecule has 0 radical (unpaired) electrons. The summed E-state index contributed by atoms with van der Waals surface area (Å²) in [4.78, 5) is 10.8. The molecule has 122 valence electrons. The van der Waals surface area contributed by atoms with Crippen LogP contribution >= 0.6 is 11.6 Å². The lowest BCUT2D eigenvalue weighted by Gasteiger charge is -2.32. The quantitative estimate of drug-likeness (QED) is 0.935. The van der Waals surface area contributed by atoms with Crippen LogP contribution in [0.5, 0.6) is 0 Å². The molecule has 0 spiro atoms. The number of ether oxygens (including phenoxy) is 1. The van der Waals surface area contributed by atoms with E-state index < -0.39 is 0 Å². The van der Waals surface area contributed by atoms with E-state index >= 15 is 0 Å². The fourth-order valence-corrected chi connectivity index (χ4v) is 3.06. The molecule has 0 saturated carbocycles. The van der Waals surface area contributed by atoms with Crippen molar-refractivity contribution >= 4 is 17.5 Å². The molecule has 1 fully saturated rings. The second-order valence-electron chi connectivity index (χ2n) is 5.78. The Morgan fingerprint density at radius 3 is 2.48 bits per heavy atom. The maximum atomic E-state index is 6.32. The van der Waals surface area contributed by atoms with E-state index in [1.165, 1.54) is 5.56 Å². The Bertz CT molecular complexity index is 684. The first-order chi connectivity index (χ1) is 11.1. The average molecular weight is 333 g/mol. The fraction of sp³-hybridized carbons (Fsp3) is 0.412. The summed E-state index contributed by atoms with van der Waals surface area (Å²) in [6, 6.07) is 8.69. The first-order valence-electron chi connectivity index (χ1n) is 7.78. The standard InChI is InChI=1S/C17H21ClN4O/c1-11-15(18)16(21-17(19)20-11)14-5-3-13(4-6-14)12(2)22-7-9-23-10-8-22/h3-6,12H,7-10H2,1-2H3,(H2,19,20,21)/t12-/m0/s1. The minimum atomic E-state index is 0.243. The van der Waals surface area contributed by atoms with Crippen LogP contribution < -0.4 is 5.73 Å². The van der Waals surface area contributed by atoms with Crippen molar-refractivity contribution in [2.24, 2.45) is 0 Å². The number of hydrogen-bond acceptors (Lipinski definition) is 5. The van der Waals surface area contributed by atoms with Crippen molar-refractivity contribution in [1.82, 2.24) is 14.9 Å². The third-order valence-electron chi connectivity index (χ3n) is 4.29. The zero-order chi connectivity index (χ0) is 16.4. The van der Waals surface area contributed by atoms with Crippen molar-refractivity contribution in [3.63, 3.8) is 0 Å². The maximum Gasteiger partial charge on any atom is 0.220 e. The van der Waals surface area contributed by atoms with E-state index in [-0.39, 0.29) is 5.95 Å². The lowest BCUT2D eigenvalue weighted by Crippen LogP contribution is -2.37. The van der Waals surface area contributed by atoms with E-state index in [1.807, 2.05) is 19.1 Å². The van der Waals surface area contributed by atoms with Crippen LogP contribution in [0.15, 0.2) is 24.3 Å². The predicted molar refractivity (Wildman–Crippen MR) is 92.4 cm³/mol. The molecule has 6 heteroatoms. The van der Waals surface area contributed by atoms with Crippen molar-refractivity contribution in [1.29, 1.82) is 0 Å². The van der Waals surface area contributed by atoms with Crippen molar-refractivity contribution in [3.8, 4) is 11.3 Å². The van der Waals surface area contributed by atoms with Gasteiger partial charge in [0.15, 0.2) is 0 Å². The molecule has 1 atom stereocenters. The minimum Gasteiger partial charge on any atom is -0.379 e. The van der Waals surface area contributed by atoms with Crippen LogP contribution in [0.2, 0.25) is 5.02 Å². The summed E-state index contributed by atoms with van der Waals surface area (Å²) >= 11 is 6.32. The van der Waals surface area contributed by atoms with E-state index in [1.54, 1.807) is 0 Å². The van der Waals surface area contributed by atoms with Gasteiger partial charge in [0.25, 0.3) is 0 Å². The van der Waals surface area contributed by atoms with E-state index in [9.17, 15) is 0 Å². The molecule has 2 heterocycles. The Morgan fingerprint density at radius 2 is 1.83 bits per heavy atom. The molecule has 1 aliphatic heterocycles. The fourth-order valence-electron chi connectivity index (χ4n) is 2.87. The monoisotopic (exact) mass is 332 g/mol. The number of rotatable bonds is 3. The van der Waals surface area contributed by atoms with Gasteiger partial charge < -0.3 is 10.5 Å².